The molecule has 1 amide bonds. The minimum absolute atomic E-state index is 0. The third-order valence-electron chi connectivity index (χ3n) is 2.99. The van der Waals surface area contributed by atoms with Crippen molar-refractivity contribution < 1.29 is 13.2 Å². The molecule has 1 aromatic carbocycles. The minimum Gasteiger partial charge on any atom is -0.324 e. The van der Waals surface area contributed by atoms with E-state index in [4.69, 9.17) is 10.9 Å². The zero-order valence-corrected chi connectivity index (χ0v) is 12.0. The summed E-state index contributed by atoms with van der Waals surface area (Å²) in [5, 5.41) is 7.69. The Labute approximate surface area is 118 Å². The molecule has 19 heavy (non-hydrogen) atoms. The summed E-state index contributed by atoms with van der Waals surface area (Å²) in [4.78, 5) is 11.7. The van der Waals surface area contributed by atoms with Crippen LogP contribution in [0.25, 0.3) is 0 Å². The Morgan fingerprint density at radius 1 is 1.37 bits per heavy atom. The quantitative estimate of drug-likeness (QED) is 0.754. The van der Waals surface area contributed by atoms with Gasteiger partial charge in [-0.1, -0.05) is 6.07 Å². The Hall–Kier alpha value is -1.15. The predicted octanol–water partition coefficient (Wildman–Crippen LogP) is 0.494. The van der Waals surface area contributed by atoms with Crippen molar-refractivity contribution >= 4 is 34.0 Å². The third kappa shape index (κ3) is 3.44. The number of benzene rings is 1. The van der Waals surface area contributed by atoms with Crippen LogP contribution in [-0.4, -0.2) is 19.9 Å². The lowest BCUT2D eigenvalue weighted by atomic mass is 10.2. The zero-order valence-electron chi connectivity index (χ0n) is 10.3. The molecule has 0 aliphatic heterocycles. The van der Waals surface area contributed by atoms with Crippen LogP contribution < -0.4 is 16.2 Å². The number of anilines is 1. The second-order valence-electron chi connectivity index (χ2n) is 4.64. The van der Waals surface area contributed by atoms with Crippen LogP contribution in [0, 0.1) is 6.92 Å². The van der Waals surface area contributed by atoms with Gasteiger partial charge in [0.05, 0.1) is 10.4 Å². The summed E-state index contributed by atoms with van der Waals surface area (Å²) in [5.41, 5.74) is 5.85. The van der Waals surface area contributed by atoms with E-state index in [0.29, 0.717) is 24.1 Å². The van der Waals surface area contributed by atoms with Crippen LogP contribution in [-0.2, 0) is 14.8 Å². The summed E-state index contributed by atoms with van der Waals surface area (Å²) in [6.07, 6.45) is 1.29. The van der Waals surface area contributed by atoms with Gasteiger partial charge in [0.1, 0.15) is 0 Å². The second kappa shape index (κ2) is 5.09. The number of carbonyl (C=O) groups is 1. The molecule has 2 rings (SSSR count). The van der Waals surface area contributed by atoms with E-state index in [1.807, 2.05) is 0 Å². The van der Waals surface area contributed by atoms with Crippen LogP contribution in [0.2, 0.25) is 0 Å². The monoisotopic (exact) mass is 305 g/mol. The van der Waals surface area contributed by atoms with Gasteiger partial charge in [0, 0.05) is 5.69 Å². The van der Waals surface area contributed by atoms with E-state index in [1.54, 1.807) is 19.1 Å². The van der Waals surface area contributed by atoms with Crippen molar-refractivity contribution in [1.29, 1.82) is 0 Å². The van der Waals surface area contributed by atoms with Crippen LogP contribution in [0.5, 0.6) is 0 Å². The third-order valence-corrected chi connectivity index (χ3v) is 4.05. The van der Waals surface area contributed by atoms with E-state index in [2.05, 4.69) is 5.32 Å². The van der Waals surface area contributed by atoms with Gasteiger partial charge >= 0.3 is 0 Å². The molecule has 1 fully saturated rings. The minimum atomic E-state index is -3.79. The molecule has 0 unspecified atom stereocenters. The number of amides is 1. The van der Waals surface area contributed by atoms with Crippen molar-refractivity contribution in [3.63, 3.8) is 0 Å². The first-order chi connectivity index (χ1) is 8.22. The van der Waals surface area contributed by atoms with Crippen LogP contribution >= 0.6 is 12.4 Å². The number of halogens is 1. The van der Waals surface area contributed by atoms with E-state index in [1.165, 1.54) is 6.07 Å². The molecular formula is C11H16ClN3O3S. The SMILES string of the molecule is Cc1ccc(NC(=O)C2(N)CC2)cc1S(N)(=O)=O.Cl. The number of nitrogens with two attached hydrogens (primary N) is 2. The van der Waals surface area contributed by atoms with E-state index in [9.17, 15) is 13.2 Å². The summed E-state index contributed by atoms with van der Waals surface area (Å²) in [6.45, 7) is 1.64. The second-order valence-corrected chi connectivity index (χ2v) is 6.17. The number of primary sulfonamides is 1. The van der Waals surface area contributed by atoms with Gasteiger partial charge in [0.25, 0.3) is 0 Å². The lowest BCUT2D eigenvalue weighted by molar-refractivity contribution is -0.118. The fourth-order valence-corrected chi connectivity index (χ4v) is 2.41. The lowest BCUT2D eigenvalue weighted by Crippen LogP contribution is -2.37. The standard InChI is InChI=1S/C11H15N3O3S.ClH/c1-7-2-3-8(6-9(7)18(13,16)17)14-10(15)11(12)4-5-11;/h2-3,6H,4-5,12H2,1H3,(H,14,15)(H2,13,16,17);1H. The molecule has 1 aliphatic carbocycles. The fourth-order valence-electron chi connectivity index (χ4n) is 1.60. The smallest absolute Gasteiger partial charge is 0.244 e. The summed E-state index contributed by atoms with van der Waals surface area (Å²) in [7, 11) is -3.79. The van der Waals surface area contributed by atoms with Crippen molar-refractivity contribution in [1.82, 2.24) is 0 Å². The summed E-state index contributed by atoms with van der Waals surface area (Å²) < 4.78 is 22.7. The highest BCUT2D eigenvalue weighted by molar-refractivity contribution is 7.89. The van der Waals surface area contributed by atoms with Gasteiger partial charge in [-0.05, 0) is 37.5 Å². The molecular weight excluding hydrogens is 290 g/mol. The van der Waals surface area contributed by atoms with E-state index in [-0.39, 0.29) is 23.2 Å². The molecule has 1 aromatic rings. The maximum absolute atomic E-state index is 11.7. The fraction of sp³-hybridized carbons (Fsp3) is 0.364. The number of aryl methyl sites for hydroxylation is 1. The molecule has 0 spiro atoms. The number of rotatable bonds is 3. The number of nitrogens with one attached hydrogen (secondary N) is 1. The topological polar surface area (TPSA) is 115 Å². The van der Waals surface area contributed by atoms with E-state index >= 15 is 0 Å². The molecule has 0 radical (unpaired) electrons. The number of hydrogen-bond acceptors (Lipinski definition) is 4. The Morgan fingerprint density at radius 2 is 1.95 bits per heavy atom. The predicted molar refractivity (Wildman–Crippen MR) is 74.6 cm³/mol. The molecule has 5 N–H and O–H groups in total. The van der Waals surface area contributed by atoms with Crippen LogP contribution in [0.3, 0.4) is 0 Å². The van der Waals surface area contributed by atoms with Crippen LogP contribution in [0.1, 0.15) is 18.4 Å². The maximum Gasteiger partial charge on any atom is 0.244 e. The molecule has 0 atom stereocenters. The number of carbonyl (C=O) groups excluding carboxylic acids is 1. The van der Waals surface area contributed by atoms with E-state index in [0.717, 1.165) is 0 Å². The van der Waals surface area contributed by atoms with Gasteiger partial charge in [0.15, 0.2) is 0 Å². The molecule has 106 valence electrons. The molecule has 0 aromatic heterocycles. The first kappa shape index (κ1) is 15.9. The Bertz CT molecular complexity index is 612. The van der Waals surface area contributed by atoms with Crippen molar-refractivity contribution in [2.45, 2.75) is 30.2 Å². The Morgan fingerprint density at radius 3 is 2.42 bits per heavy atom. The molecule has 1 aliphatic rings. The van der Waals surface area contributed by atoms with Gasteiger partial charge in [-0.15, -0.1) is 12.4 Å². The first-order valence-electron chi connectivity index (χ1n) is 5.46. The van der Waals surface area contributed by atoms with Gasteiger partial charge in [-0.2, -0.15) is 0 Å². The van der Waals surface area contributed by atoms with Gasteiger partial charge in [0.2, 0.25) is 15.9 Å². The number of hydrogen-bond donors (Lipinski definition) is 3. The largest absolute Gasteiger partial charge is 0.324 e. The first-order valence-corrected chi connectivity index (χ1v) is 7.01. The average molecular weight is 306 g/mol. The highest BCUT2D eigenvalue weighted by atomic mass is 35.5. The van der Waals surface area contributed by atoms with Gasteiger partial charge in [-0.3, -0.25) is 4.79 Å². The van der Waals surface area contributed by atoms with E-state index < -0.39 is 15.6 Å². The van der Waals surface area contributed by atoms with Crippen molar-refractivity contribution in [2.24, 2.45) is 10.9 Å². The normalized spacial score (nSPS) is 16.4. The van der Waals surface area contributed by atoms with Crippen LogP contribution in [0.4, 0.5) is 5.69 Å². The highest BCUT2D eigenvalue weighted by Gasteiger charge is 2.45. The highest BCUT2D eigenvalue weighted by Crippen LogP contribution is 2.33. The van der Waals surface area contributed by atoms with Gasteiger partial charge < -0.3 is 11.1 Å². The molecule has 1 saturated carbocycles. The summed E-state index contributed by atoms with van der Waals surface area (Å²) >= 11 is 0. The van der Waals surface area contributed by atoms with Gasteiger partial charge in [-0.25, -0.2) is 13.6 Å². The Balaban J connectivity index is 0.00000180. The molecule has 8 heteroatoms. The summed E-state index contributed by atoms with van der Waals surface area (Å²) in [5.74, 6) is -0.299. The average Bonchev–Trinajstić information content (AvgIpc) is 2.99. The zero-order chi connectivity index (χ0) is 13.6. The molecule has 0 bridgehead atoms. The molecule has 0 heterocycles. The Kier molecular flexibility index (Phi) is 4.26. The molecule has 0 saturated heterocycles. The van der Waals surface area contributed by atoms with Crippen molar-refractivity contribution in [2.75, 3.05) is 5.32 Å². The van der Waals surface area contributed by atoms with Crippen LogP contribution in [0.15, 0.2) is 23.1 Å². The van der Waals surface area contributed by atoms with Crippen molar-refractivity contribution in [3.8, 4) is 0 Å². The summed E-state index contributed by atoms with van der Waals surface area (Å²) in [6, 6.07) is 4.55. The van der Waals surface area contributed by atoms with Crippen molar-refractivity contribution in [3.05, 3.63) is 23.8 Å². The molecule has 6 nitrogen and oxygen atoms in total. The maximum atomic E-state index is 11.7. The lowest BCUT2D eigenvalue weighted by Gasteiger charge is -2.11. The number of sulfonamides is 1.